The monoisotopic (exact) mass is 277 g/mol. The van der Waals surface area contributed by atoms with E-state index in [1.807, 2.05) is 0 Å². The molecule has 1 heterocycles. The van der Waals surface area contributed by atoms with E-state index in [1.54, 1.807) is 7.11 Å². The summed E-state index contributed by atoms with van der Waals surface area (Å²) in [5.74, 6) is 0. The number of aromatic nitrogens is 2. The highest BCUT2D eigenvalue weighted by Crippen LogP contribution is 2.25. The number of hydrogen-bond donors (Lipinski definition) is 1. The lowest BCUT2D eigenvalue weighted by molar-refractivity contribution is 0.199. The van der Waals surface area contributed by atoms with Crippen molar-refractivity contribution in [2.24, 2.45) is 0 Å². The predicted molar refractivity (Wildman–Crippen MR) is 78.4 cm³/mol. The quantitative estimate of drug-likeness (QED) is 0.824. The van der Waals surface area contributed by atoms with E-state index in [1.165, 1.54) is 27.5 Å². The lowest BCUT2D eigenvalue weighted by Crippen LogP contribution is -2.18. The first-order valence-electron chi connectivity index (χ1n) is 6.31. The zero-order valence-electron chi connectivity index (χ0n) is 11.6. The molecule has 2 aromatic rings. The summed E-state index contributed by atoms with van der Waals surface area (Å²) in [6, 6.07) is 6.41. The summed E-state index contributed by atoms with van der Waals surface area (Å²) in [6.45, 7) is 6.57. The molecule has 0 spiro atoms. The van der Waals surface area contributed by atoms with Crippen LogP contribution in [-0.4, -0.2) is 29.8 Å². The molecule has 1 aromatic heterocycles. The van der Waals surface area contributed by atoms with Crippen molar-refractivity contribution in [3.8, 4) is 11.3 Å². The van der Waals surface area contributed by atoms with Crippen LogP contribution in [0.15, 0.2) is 18.2 Å². The smallest absolute Gasteiger partial charge is 0.110 e. The van der Waals surface area contributed by atoms with Crippen LogP contribution < -0.4 is 5.32 Å². The first-order valence-corrected chi connectivity index (χ1v) is 7.08. The zero-order valence-corrected chi connectivity index (χ0v) is 12.4. The Morgan fingerprint density at radius 2 is 2.11 bits per heavy atom. The van der Waals surface area contributed by atoms with Gasteiger partial charge in [-0.05, 0) is 42.6 Å². The third-order valence-electron chi connectivity index (χ3n) is 3.10. The summed E-state index contributed by atoms with van der Waals surface area (Å²) in [6.07, 6.45) is 0. The fourth-order valence-corrected chi connectivity index (χ4v) is 2.44. The van der Waals surface area contributed by atoms with Crippen LogP contribution in [0.5, 0.6) is 0 Å². The SMILES string of the molecule is COCCNCc1snnc1-c1ccc(C)c(C)c1. The van der Waals surface area contributed by atoms with Gasteiger partial charge in [-0.25, -0.2) is 0 Å². The third-order valence-corrected chi connectivity index (χ3v) is 3.83. The Balaban J connectivity index is 2.12. The number of rotatable bonds is 6. The van der Waals surface area contributed by atoms with Gasteiger partial charge >= 0.3 is 0 Å². The molecule has 0 saturated heterocycles. The average Bonchev–Trinajstić information content (AvgIpc) is 2.86. The molecule has 0 fully saturated rings. The second-order valence-corrected chi connectivity index (χ2v) is 5.35. The lowest BCUT2D eigenvalue weighted by Gasteiger charge is -2.06. The number of methoxy groups -OCH3 is 1. The van der Waals surface area contributed by atoms with Gasteiger partial charge in [-0.3, -0.25) is 0 Å². The predicted octanol–water partition coefficient (Wildman–Crippen LogP) is 2.56. The van der Waals surface area contributed by atoms with Gasteiger partial charge in [0.1, 0.15) is 5.69 Å². The minimum absolute atomic E-state index is 0.713. The second-order valence-electron chi connectivity index (χ2n) is 4.51. The summed E-state index contributed by atoms with van der Waals surface area (Å²) >= 11 is 1.45. The Bertz CT molecular complexity index is 539. The minimum Gasteiger partial charge on any atom is -0.383 e. The maximum absolute atomic E-state index is 5.01. The van der Waals surface area contributed by atoms with Crippen LogP contribution in [0.2, 0.25) is 0 Å². The van der Waals surface area contributed by atoms with Crippen LogP contribution >= 0.6 is 11.5 Å². The molecule has 1 N–H and O–H groups in total. The number of benzene rings is 1. The average molecular weight is 277 g/mol. The van der Waals surface area contributed by atoms with Crippen LogP contribution in [0.25, 0.3) is 11.3 Å². The highest BCUT2D eigenvalue weighted by molar-refractivity contribution is 7.05. The third kappa shape index (κ3) is 3.59. The van der Waals surface area contributed by atoms with Gasteiger partial charge in [0.2, 0.25) is 0 Å². The Morgan fingerprint density at radius 1 is 1.26 bits per heavy atom. The van der Waals surface area contributed by atoms with E-state index in [-0.39, 0.29) is 0 Å². The molecule has 5 heteroatoms. The van der Waals surface area contributed by atoms with Crippen molar-refractivity contribution in [2.75, 3.05) is 20.3 Å². The summed E-state index contributed by atoms with van der Waals surface area (Å²) in [7, 11) is 1.70. The zero-order chi connectivity index (χ0) is 13.7. The molecule has 0 saturated carbocycles. The number of aryl methyl sites for hydroxylation is 2. The molecule has 4 nitrogen and oxygen atoms in total. The van der Waals surface area contributed by atoms with E-state index in [0.717, 1.165) is 24.3 Å². The maximum Gasteiger partial charge on any atom is 0.110 e. The largest absolute Gasteiger partial charge is 0.383 e. The molecule has 0 amide bonds. The molecular formula is C14H19N3OS. The molecule has 2 rings (SSSR count). The fraction of sp³-hybridized carbons (Fsp3) is 0.429. The Hall–Kier alpha value is -1.30. The van der Waals surface area contributed by atoms with Gasteiger partial charge in [0.25, 0.3) is 0 Å². The molecule has 0 aliphatic heterocycles. The molecule has 0 aliphatic rings. The number of nitrogens with zero attached hydrogens (tertiary/aromatic N) is 2. The van der Waals surface area contributed by atoms with Gasteiger partial charge in [0, 0.05) is 25.8 Å². The lowest BCUT2D eigenvalue weighted by atomic mass is 10.0. The van der Waals surface area contributed by atoms with Gasteiger partial charge in [-0.2, -0.15) is 0 Å². The number of hydrogen-bond acceptors (Lipinski definition) is 5. The molecule has 0 radical (unpaired) electrons. The van der Waals surface area contributed by atoms with E-state index in [4.69, 9.17) is 4.74 Å². The topological polar surface area (TPSA) is 47.0 Å². The number of ether oxygens (including phenoxy) is 1. The van der Waals surface area contributed by atoms with E-state index in [9.17, 15) is 0 Å². The van der Waals surface area contributed by atoms with Gasteiger partial charge in [-0.15, -0.1) is 5.10 Å². The van der Waals surface area contributed by atoms with Crippen molar-refractivity contribution in [1.29, 1.82) is 0 Å². The second kappa shape index (κ2) is 6.75. The minimum atomic E-state index is 0.713. The van der Waals surface area contributed by atoms with Crippen LogP contribution in [0, 0.1) is 13.8 Å². The van der Waals surface area contributed by atoms with Crippen LogP contribution in [0.1, 0.15) is 16.0 Å². The first-order chi connectivity index (χ1) is 9.22. The van der Waals surface area contributed by atoms with Crippen LogP contribution in [-0.2, 0) is 11.3 Å². The van der Waals surface area contributed by atoms with Crippen molar-refractivity contribution < 1.29 is 4.74 Å². The van der Waals surface area contributed by atoms with Gasteiger partial charge in [-0.1, -0.05) is 16.6 Å². The standard InChI is InChI=1S/C14H19N3OS/c1-10-4-5-12(8-11(10)2)14-13(19-17-16-14)9-15-6-7-18-3/h4-5,8,15H,6-7,9H2,1-3H3. The summed E-state index contributed by atoms with van der Waals surface area (Å²) in [4.78, 5) is 1.17. The fourth-order valence-electron chi connectivity index (χ4n) is 1.81. The molecule has 102 valence electrons. The van der Waals surface area contributed by atoms with E-state index < -0.39 is 0 Å². The maximum atomic E-state index is 5.01. The van der Waals surface area contributed by atoms with Gasteiger partial charge in [0.05, 0.1) is 11.5 Å². The van der Waals surface area contributed by atoms with Crippen molar-refractivity contribution >= 4 is 11.5 Å². The van der Waals surface area contributed by atoms with E-state index in [0.29, 0.717) is 6.61 Å². The van der Waals surface area contributed by atoms with Crippen molar-refractivity contribution in [3.63, 3.8) is 0 Å². The Labute approximate surface area is 118 Å². The highest BCUT2D eigenvalue weighted by atomic mass is 32.1. The summed E-state index contributed by atoms with van der Waals surface area (Å²) in [5.41, 5.74) is 4.70. The highest BCUT2D eigenvalue weighted by Gasteiger charge is 2.10. The first kappa shape index (κ1) is 14.1. The molecular weight excluding hydrogens is 258 g/mol. The molecule has 0 bridgehead atoms. The molecule has 0 aliphatic carbocycles. The molecule has 0 atom stereocenters. The molecule has 0 unspecified atom stereocenters. The van der Waals surface area contributed by atoms with E-state index in [2.05, 4.69) is 47.0 Å². The molecule has 19 heavy (non-hydrogen) atoms. The van der Waals surface area contributed by atoms with E-state index >= 15 is 0 Å². The van der Waals surface area contributed by atoms with Crippen LogP contribution in [0.3, 0.4) is 0 Å². The number of nitrogens with one attached hydrogen (secondary N) is 1. The molecule has 1 aromatic carbocycles. The van der Waals surface area contributed by atoms with Crippen LogP contribution in [0.4, 0.5) is 0 Å². The van der Waals surface area contributed by atoms with Gasteiger partial charge < -0.3 is 10.1 Å². The normalized spacial score (nSPS) is 10.9. The Kier molecular flexibility index (Phi) is 5.01. The summed E-state index contributed by atoms with van der Waals surface area (Å²) in [5, 5.41) is 7.58. The van der Waals surface area contributed by atoms with Crippen molar-refractivity contribution in [3.05, 3.63) is 34.2 Å². The van der Waals surface area contributed by atoms with Gasteiger partial charge in [0.15, 0.2) is 0 Å². The Morgan fingerprint density at radius 3 is 2.84 bits per heavy atom. The van der Waals surface area contributed by atoms with Crippen molar-refractivity contribution in [2.45, 2.75) is 20.4 Å². The van der Waals surface area contributed by atoms with Crippen molar-refractivity contribution in [1.82, 2.24) is 14.9 Å². The summed E-state index contributed by atoms with van der Waals surface area (Å²) < 4.78 is 9.08.